The fourth-order valence-electron chi connectivity index (χ4n) is 4.83. The third-order valence-electron chi connectivity index (χ3n) is 6.78. The normalized spacial score (nSPS) is 28.6. The molecule has 3 aliphatic heterocycles. The zero-order chi connectivity index (χ0) is 26.4. The first-order valence-electron chi connectivity index (χ1n) is 12.0. The summed E-state index contributed by atoms with van der Waals surface area (Å²) >= 11 is 0. The van der Waals surface area contributed by atoms with Crippen LogP contribution < -0.4 is 14.8 Å². The van der Waals surface area contributed by atoms with Gasteiger partial charge in [-0.15, -0.1) is 0 Å². The van der Waals surface area contributed by atoms with Gasteiger partial charge in [0, 0.05) is 17.6 Å². The molecule has 38 heavy (non-hydrogen) atoms. The number of aryl methyl sites for hydroxylation is 1. The van der Waals surface area contributed by atoms with Crippen molar-refractivity contribution in [2.75, 3.05) is 37.5 Å². The monoisotopic (exact) mass is 547 g/mol. The van der Waals surface area contributed by atoms with E-state index < -0.39 is 45.8 Å². The third kappa shape index (κ3) is 4.58. The summed E-state index contributed by atoms with van der Waals surface area (Å²) in [7, 11) is -2.68. The zero-order valence-corrected chi connectivity index (χ0v) is 21.2. The van der Waals surface area contributed by atoms with Gasteiger partial charge in [-0.05, 0) is 24.6 Å². The number of carbonyl (C=O) groups excluding carboxylic acids is 1. The Morgan fingerprint density at radius 1 is 1.29 bits per heavy atom. The van der Waals surface area contributed by atoms with Crippen molar-refractivity contribution < 1.29 is 37.4 Å². The average molecular weight is 548 g/mol. The van der Waals surface area contributed by atoms with Gasteiger partial charge >= 0.3 is 0 Å². The van der Waals surface area contributed by atoms with Crippen LogP contribution in [0.1, 0.15) is 15.9 Å². The number of amides is 1. The summed E-state index contributed by atoms with van der Waals surface area (Å²) in [6.07, 6.45) is 0.610. The Kier molecular flexibility index (Phi) is 6.44. The van der Waals surface area contributed by atoms with Gasteiger partial charge in [0.25, 0.3) is 5.91 Å². The molecule has 0 radical (unpaired) electrons. The van der Waals surface area contributed by atoms with Gasteiger partial charge in [-0.1, -0.05) is 0 Å². The summed E-state index contributed by atoms with van der Waals surface area (Å²) in [5.74, 6) is -0.235. The van der Waals surface area contributed by atoms with Gasteiger partial charge in [0.15, 0.2) is 11.9 Å². The molecule has 0 aliphatic carbocycles. The maximum atomic E-state index is 14.2. The molecule has 0 spiro atoms. The highest BCUT2D eigenvalue weighted by Crippen LogP contribution is 2.35. The number of hydrogen-bond acceptors (Lipinski definition) is 10. The summed E-state index contributed by atoms with van der Waals surface area (Å²) in [6, 6.07) is 4.03. The summed E-state index contributed by atoms with van der Waals surface area (Å²) in [4.78, 5) is 17.4. The van der Waals surface area contributed by atoms with Crippen LogP contribution in [0.4, 0.5) is 15.9 Å². The molecule has 0 bridgehead atoms. The number of nitrogens with zero attached hydrogens (tertiary/aromatic N) is 3. The van der Waals surface area contributed by atoms with Crippen LogP contribution in [0.5, 0.6) is 5.75 Å². The van der Waals surface area contributed by atoms with Gasteiger partial charge < -0.3 is 29.4 Å². The van der Waals surface area contributed by atoms with Crippen molar-refractivity contribution in [3.8, 4) is 5.75 Å². The molecule has 2 aromatic heterocycles. The SMILES string of the molecule is Cc1c(C(=O)NS2(=O)=CCOCC2)cn2ncnc(Nc3ccc(F)cc3OC3COC4C(O)COC34)c12. The fraction of sp³-hybridized carbons (Fsp3) is 0.417. The molecule has 3 aromatic rings. The van der Waals surface area contributed by atoms with Gasteiger partial charge in [0.1, 0.15) is 41.7 Å². The number of hydrogen-bond donors (Lipinski definition) is 3. The number of rotatable bonds is 6. The van der Waals surface area contributed by atoms with Crippen molar-refractivity contribution >= 4 is 38.0 Å². The Hall–Kier alpha value is -3.30. The quantitative estimate of drug-likeness (QED) is 0.375. The Bertz CT molecular complexity index is 1520. The molecule has 0 saturated carbocycles. The standard InChI is InChI=1S/C24H26FN5O7S/c1-13-15(24(32)29-38(33)6-4-34-5-7-38)9-30-20(13)23(26-12-27-30)28-16-3-2-14(25)8-18(16)37-19-11-36-21-17(31)10-35-22(19)21/h2-3,6,8-9,12,17,19,21-22,31H,4-5,7,10-11H2,1H3,(H,26,27,28)(H,29,32,33). The van der Waals surface area contributed by atoms with E-state index in [1.54, 1.807) is 6.92 Å². The van der Waals surface area contributed by atoms with Gasteiger partial charge in [-0.25, -0.2) is 18.1 Å². The number of benzene rings is 1. The molecule has 14 heteroatoms. The first-order valence-corrected chi connectivity index (χ1v) is 13.8. The summed E-state index contributed by atoms with van der Waals surface area (Å²) in [5.41, 5.74) is 1.77. The second-order valence-electron chi connectivity index (χ2n) is 9.26. The van der Waals surface area contributed by atoms with E-state index in [2.05, 4.69) is 20.1 Å². The largest absolute Gasteiger partial charge is 0.483 e. The van der Waals surface area contributed by atoms with Gasteiger partial charge in [-0.3, -0.25) is 9.52 Å². The molecule has 5 heterocycles. The highest BCUT2D eigenvalue weighted by molar-refractivity contribution is 8.00. The van der Waals surface area contributed by atoms with Crippen LogP contribution in [0.25, 0.3) is 5.52 Å². The van der Waals surface area contributed by atoms with Crippen molar-refractivity contribution in [3.63, 3.8) is 0 Å². The molecule has 6 rings (SSSR count). The van der Waals surface area contributed by atoms with E-state index in [9.17, 15) is 18.5 Å². The molecule has 3 N–H and O–H groups in total. The molecular weight excluding hydrogens is 521 g/mol. The number of aliphatic hydroxyl groups is 1. The summed E-state index contributed by atoms with van der Waals surface area (Å²) in [5, 5.41) is 18.9. The highest BCUT2D eigenvalue weighted by atomic mass is 32.2. The van der Waals surface area contributed by atoms with E-state index in [1.807, 2.05) is 0 Å². The van der Waals surface area contributed by atoms with Crippen molar-refractivity contribution in [3.05, 3.63) is 47.7 Å². The lowest BCUT2D eigenvalue weighted by atomic mass is 10.1. The van der Waals surface area contributed by atoms with E-state index >= 15 is 0 Å². The van der Waals surface area contributed by atoms with Crippen LogP contribution in [0.15, 0.2) is 30.7 Å². The number of anilines is 2. The Balaban J connectivity index is 1.29. The summed E-state index contributed by atoms with van der Waals surface area (Å²) in [6.45, 7) is 2.57. The minimum absolute atomic E-state index is 0.145. The molecule has 2 saturated heterocycles. The lowest BCUT2D eigenvalue weighted by Crippen LogP contribution is -2.38. The van der Waals surface area contributed by atoms with Crippen molar-refractivity contribution in [2.24, 2.45) is 0 Å². The van der Waals surface area contributed by atoms with Crippen LogP contribution in [-0.4, -0.2) is 91.8 Å². The van der Waals surface area contributed by atoms with Crippen LogP contribution in [0.2, 0.25) is 0 Å². The first kappa shape index (κ1) is 25.0. The van der Waals surface area contributed by atoms with E-state index in [0.717, 1.165) is 0 Å². The molecule has 5 atom stereocenters. The predicted molar refractivity (Wildman–Crippen MR) is 135 cm³/mol. The Morgan fingerprint density at radius 2 is 2.13 bits per heavy atom. The minimum atomic E-state index is -2.68. The molecule has 5 unspecified atom stereocenters. The Morgan fingerprint density at radius 3 is 2.95 bits per heavy atom. The molecule has 1 amide bonds. The topological polar surface area (TPSA) is 146 Å². The number of aromatic nitrogens is 3. The zero-order valence-electron chi connectivity index (χ0n) is 20.3. The fourth-order valence-corrected chi connectivity index (χ4v) is 6.28. The number of fused-ring (bicyclic) bond motifs is 2. The predicted octanol–water partition coefficient (Wildman–Crippen LogP) is 0.588. The van der Waals surface area contributed by atoms with Crippen LogP contribution in [0, 0.1) is 12.7 Å². The van der Waals surface area contributed by atoms with Crippen LogP contribution >= 0.6 is 0 Å². The molecule has 3 aliphatic rings. The number of nitrogens with one attached hydrogen (secondary N) is 2. The maximum Gasteiger partial charge on any atom is 0.264 e. The van der Waals surface area contributed by atoms with Crippen molar-refractivity contribution in [2.45, 2.75) is 31.3 Å². The van der Waals surface area contributed by atoms with E-state index in [4.69, 9.17) is 18.9 Å². The van der Waals surface area contributed by atoms with Crippen molar-refractivity contribution in [1.82, 2.24) is 19.3 Å². The van der Waals surface area contributed by atoms with E-state index in [0.29, 0.717) is 29.2 Å². The lowest BCUT2D eigenvalue weighted by molar-refractivity contribution is 0.00871. The second kappa shape index (κ2) is 9.78. The van der Waals surface area contributed by atoms with E-state index in [1.165, 1.54) is 40.6 Å². The molecule has 12 nitrogen and oxygen atoms in total. The maximum absolute atomic E-state index is 14.2. The smallest absolute Gasteiger partial charge is 0.264 e. The van der Waals surface area contributed by atoms with Crippen LogP contribution in [0.3, 0.4) is 0 Å². The third-order valence-corrected chi connectivity index (χ3v) is 8.76. The number of ether oxygens (including phenoxy) is 4. The molecule has 202 valence electrons. The number of aliphatic hydroxyl groups excluding tert-OH is 1. The first-order chi connectivity index (χ1) is 18.3. The van der Waals surface area contributed by atoms with Crippen LogP contribution in [-0.2, 0) is 23.9 Å². The number of halogens is 1. The molecular formula is C24H26FN5O7S. The average Bonchev–Trinajstić information content (AvgIpc) is 3.57. The second-order valence-corrected chi connectivity index (χ2v) is 11.7. The highest BCUT2D eigenvalue weighted by Gasteiger charge is 2.48. The minimum Gasteiger partial charge on any atom is -0.483 e. The van der Waals surface area contributed by atoms with Gasteiger partial charge in [-0.2, -0.15) is 5.10 Å². The molecule has 2 fully saturated rings. The summed E-state index contributed by atoms with van der Waals surface area (Å²) < 4.78 is 53.8. The van der Waals surface area contributed by atoms with Gasteiger partial charge in [0.2, 0.25) is 0 Å². The van der Waals surface area contributed by atoms with Crippen molar-refractivity contribution in [1.29, 1.82) is 0 Å². The lowest BCUT2D eigenvalue weighted by Gasteiger charge is -2.20. The number of carbonyl (C=O) groups is 1. The Labute approximate surface area is 217 Å². The van der Waals surface area contributed by atoms with E-state index in [-0.39, 0.29) is 36.9 Å². The van der Waals surface area contributed by atoms with Gasteiger partial charge in [0.05, 0.1) is 53.1 Å². The molecule has 1 aromatic carbocycles.